The van der Waals surface area contributed by atoms with E-state index in [2.05, 4.69) is 5.32 Å². The first-order valence-electron chi connectivity index (χ1n) is 8.20. The van der Waals surface area contributed by atoms with Crippen molar-refractivity contribution >= 4 is 17.5 Å². The van der Waals surface area contributed by atoms with Gasteiger partial charge in [0.1, 0.15) is 5.75 Å². The quantitative estimate of drug-likeness (QED) is 0.831. The fourth-order valence-electron chi connectivity index (χ4n) is 2.44. The number of hydrogen-bond acceptors (Lipinski definition) is 4. The summed E-state index contributed by atoms with van der Waals surface area (Å²) in [6.45, 7) is 1.85. The van der Waals surface area contributed by atoms with Crippen LogP contribution in [0.5, 0.6) is 5.75 Å². The van der Waals surface area contributed by atoms with Gasteiger partial charge in [-0.05, 0) is 48.4 Å². The first-order chi connectivity index (χ1) is 12.5. The second-order valence-corrected chi connectivity index (χ2v) is 5.78. The average molecular weight is 351 g/mol. The number of methoxy groups -OCH3 is 1. The number of rotatable bonds is 7. The van der Waals surface area contributed by atoms with E-state index in [-0.39, 0.29) is 18.4 Å². The molecule has 2 amide bonds. The topological polar surface area (TPSA) is 82.4 Å². The van der Waals surface area contributed by atoms with E-state index in [1.165, 1.54) is 11.8 Å². The molecule has 6 nitrogen and oxygen atoms in total. The zero-order chi connectivity index (χ0) is 18.9. The summed E-state index contributed by atoms with van der Waals surface area (Å²) >= 11 is 0. The summed E-state index contributed by atoms with van der Waals surface area (Å²) in [5.41, 5.74) is 2.14. The number of nitrogens with zero attached hydrogens (tertiary/aromatic N) is 2. The van der Waals surface area contributed by atoms with Gasteiger partial charge in [0.2, 0.25) is 11.8 Å². The number of nitrogens with one attached hydrogen (secondary N) is 1. The number of carbonyl (C=O) groups is 2. The van der Waals surface area contributed by atoms with Gasteiger partial charge in [-0.3, -0.25) is 9.59 Å². The van der Waals surface area contributed by atoms with Crippen molar-refractivity contribution in [3.63, 3.8) is 0 Å². The highest BCUT2D eigenvalue weighted by atomic mass is 16.5. The number of hydrogen-bond donors (Lipinski definition) is 1. The van der Waals surface area contributed by atoms with Gasteiger partial charge >= 0.3 is 0 Å². The molecule has 2 aromatic carbocycles. The normalized spacial score (nSPS) is 9.88. The molecular weight excluding hydrogens is 330 g/mol. The van der Waals surface area contributed by atoms with Crippen molar-refractivity contribution in [2.45, 2.75) is 13.3 Å². The van der Waals surface area contributed by atoms with Crippen molar-refractivity contribution in [3.8, 4) is 11.8 Å². The summed E-state index contributed by atoms with van der Waals surface area (Å²) < 4.78 is 5.19. The molecule has 2 rings (SSSR count). The van der Waals surface area contributed by atoms with E-state index in [1.807, 2.05) is 30.3 Å². The average Bonchev–Trinajstić information content (AvgIpc) is 2.65. The van der Waals surface area contributed by atoms with Crippen LogP contribution >= 0.6 is 0 Å². The summed E-state index contributed by atoms with van der Waals surface area (Å²) in [5, 5.41) is 11.5. The number of benzene rings is 2. The van der Waals surface area contributed by atoms with Gasteiger partial charge in [-0.25, -0.2) is 0 Å². The van der Waals surface area contributed by atoms with Crippen LogP contribution in [0.4, 0.5) is 5.69 Å². The van der Waals surface area contributed by atoms with Gasteiger partial charge in [0.05, 0.1) is 25.3 Å². The summed E-state index contributed by atoms with van der Waals surface area (Å²) in [4.78, 5) is 25.5. The monoisotopic (exact) mass is 351 g/mol. The van der Waals surface area contributed by atoms with Gasteiger partial charge in [-0.15, -0.1) is 0 Å². The lowest BCUT2D eigenvalue weighted by Crippen LogP contribution is -2.38. The van der Waals surface area contributed by atoms with Gasteiger partial charge in [0.15, 0.2) is 0 Å². The molecule has 0 saturated carbocycles. The Balaban J connectivity index is 1.92. The van der Waals surface area contributed by atoms with Gasteiger partial charge in [-0.1, -0.05) is 12.1 Å². The van der Waals surface area contributed by atoms with Crippen LogP contribution < -0.4 is 10.1 Å². The van der Waals surface area contributed by atoms with Crippen LogP contribution in [0.1, 0.15) is 18.1 Å². The molecule has 0 aromatic heterocycles. The molecule has 0 aliphatic rings. The molecular formula is C20H21N3O3. The van der Waals surface area contributed by atoms with Crippen molar-refractivity contribution in [2.75, 3.05) is 25.5 Å². The molecule has 0 aliphatic carbocycles. The third kappa shape index (κ3) is 5.64. The second-order valence-electron chi connectivity index (χ2n) is 5.78. The Labute approximate surface area is 153 Å². The van der Waals surface area contributed by atoms with E-state index < -0.39 is 0 Å². The van der Waals surface area contributed by atoms with Crippen molar-refractivity contribution in [3.05, 3.63) is 59.7 Å². The fourth-order valence-corrected chi connectivity index (χ4v) is 2.44. The standard InChI is InChI=1S/C20H21N3O3/c1-15(24)23(11-10-16-4-3-5-19(12-16)26-2)14-20(25)22-18-8-6-17(13-21)7-9-18/h3-9,12H,10-11,14H2,1-2H3,(H,22,25). The lowest BCUT2D eigenvalue weighted by atomic mass is 10.1. The molecule has 0 heterocycles. The van der Waals surface area contributed by atoms with Crippen molar-refractivity contribution in [2.24, 2.45) is 0 Å². The third-order valence-electron chi connectivity index (χ3n) is 3.88. The Bertz CT molecular complexity index is 810. The van der Waals surface area contributed by atoms with Crippen LogP contribution in [0.2, 0.25) is 0 Å². The second kappa shape index (κ2) is 9.23. The minimum atomic E-state index is -0.282. The molecule has 26 heavy (non-hydrogen) atoms. The smallest absolute Gasteiger partial charge is 0.243 e. The number of amides is 2. The number of nitriles is 1. The Morgan fingerprint density at radius 2 is 1.92 bits per heavy atom. The van der Waals surface area contributed by atoms with Crippen LogP contribution in [0.15, 0.2) is 48.5 Å². The van der Waals surface area contributed by atoms with E-state index >= 15 is 0 Å². The first-order valence-corrected chi connectivity index (χ1v) is 8.20. The van der Waals surface area contributed by atoms with Gasteiger partial charge in [0.25, 0.3) is 0 Å². The van der Waals surface area contributed by atoms with Gasteiger partial charge in [0, 0.05) is 19.2 Å². The Hall–Kier alpha value is -3.33. The van der Waals surface area contributed by atoms with Crippen LogP contribution in [0, 0.1) is 11.3 Å². The molecule has 0 fully saturated rings. The highest BCUT2D eigenvalue weighted by molar-refractivity contribution is 5.94. The van der Waals surface area contributed by atoms with E-state index in [0.717, 1.165) is 11.3 Å². The zero-order valence-electron chi connectivity index (χ0n) is 14.9. The molecule has 134 valence electrons. The maximum absolute atomic E-state index is 12.2. The summed E-state index contributed by atoms with van der Waals surface area (Å²) in [7, 11) is 1.61. The van der Waals surface area contributed by atoms with E-state index in [9.17, 15) is 9.59 Å². The molecule has 6 heteroatoms. The SMILES string of the molecule is COc1cccc(CCN(CC(=O)Nc2ccc(C#N)cc2)C(C)=O)c1. The lowest BCUT2D eigenvalue weighted by molar-refractivity contribution is -0.132. The predicted octanol–water partition coefficient (Wildman–Crippen LogP) is 2.60. The first kappa shape index (κ1) is 19.0. The van der Waals surface area contributed by atoms with Gasteiger partial charge in [-0.2, -0.15) is 5.26 Å². The third-order valence-corrected chi connectivity index (χ3v) is 3.88. The molecule has 0 unspecified atom stereocenters. The van der Waals surface area contributed by atoms with Crippen LogP contribution in [0.25, 0.3) is 0 Å². The van der Waals surface area contributed by atoms with Gasteiger partial charge < -0.3 is 15.0 Å². The largest absolute Gasteiger partial charge is 0.497 e. The van der Waals surface area contributed by atoms with Crippen molar-refractivity contribution in [1.82, 2.24) is 4.90 Å². The molecule has 0 atom stereocenters. The highest BCUT2D eigenvalue weighted by Crippen LogP contribution is 2.13. The highest BCUT2D eigenvalue weighted by Gasteiger charge is 2.14. The van der Waals surface area contributed by atoms with Crippen LogP contribution in [0.3, 0.4) is 0 Å². The maximum atomic E-state index is 12.2. The van der Waals surface area contributed by atoms with E-state index in [1.54, 1.807) is 31.4 Å². The Morgan fingerprint density at radius 1 is 1.19 bits per heavy atom. The summed E-state index contributed by atoms with van der Waals surface area (Å²) in [5.74, 6) is 0.314. The van der Waals surface area contributed by atoms with E-state index in [0.29, 0.717) is 24.2 Å². The molecule has 0 radical (unpaired) electrons. The van der Waals surface area contributed by atoms with Crippen molar-refractivity contribution < 1.29 is 14.3 Å². The minimum absolute atomic E-state index is 0.0285. The zero-order valence-corrected chi connectivity index (χ0v) is 14.9. The molecule has 0 aliphatic heterocycles. The Morgan fingerprint density at radius 3 is 2.54 bits per heavy atom. The summed E-state index contributed by atoms with van der Waals surface area (Å²) in [6, 6.07) is 16.2. The summed E-state index contributed by atoms with van der Waals surface area (Å²) in [6.07, 6.45) is 0.626. The number of ether oxygens (including phenoxy) is 1. The van der Waals surface area contributed by atoms with Crippen LogP contribution in [-0.4, -0.2) is 36.9 Å². The number of anilines is 1. The van der Waals surface area contributed by atoms with Crippen molar-refractivity contribution in [1.29, 1.82) is 5.26 Å². The predicted molar refractivity (Wildman–Crippen MR) is 98.7 cm³/mol. The molecule has 2 aromatic rings. The molecule has 0 saturated heterocycles. The molecule has 0 spiro atoms. The minimum Gasteiger partial charge on any atom is -0.497 e. The van der Waals surface area contributed by atoms with E-state index in [4.69, 9.17) is 10.00 Å². The Kier molecular flexibility index (Phi) is 6.75. The molecule has 0 bridgehead atoms. The molecule has 1 N–H and O–H groups in total. The fraction of sp³-hybridized carbons (Fsp3) is 0.250. The maximum Gasteiger partial charge on any atom is 0.243 e. The van der Waals surface area contributed by atoms with Crippen LogP contribution in [-0.2, 0) is 16.0 Å². The number of carbonyl (C=O) groups excluding carboxylic acids is 2. The lowest BCUT2D eigenvalue weighted by Gasteiger charge is -2.20.